The van der Waals surface area contributed by atoms with Crippen LogP contribution in [0, 0.1) is 6.92 Å². The summed E-state index contributed by atoms with van der Waals surface area (Å²) in [5.41, 5.74) is 3.91. The zero-order valence-electron chi connectivity index (χ0n) is 16.7. The van der Waals surface area contributed by atoms with E-state index in [2.05, 4.69) is 20.6 Å². The number of rotatable bonds is 5. The van der Waals surface area contributed by atoms with E-state index in [9.17, 15) is 4.79 Å². The Hall–Kier alpha value is -2.65. The number of amides is 1. The van der Waals surface area contributed by atoms with Gasteiger partial charge in [-0.3, -0.25) is 9.48 Å². The predicted molar refractivity (Wildman–Crippen MR) is 117 cm³/mol. The fourth-order valence-corrected chi connectivity index (χ4v) is 5.82. The van der Waals surface area contributed by atoms with E-state index in [1.54, 1.807) is 23.1 Å². The summed E-state index contributed by atoms with van der Waals surface area (Å²) in [6.07, 6.45) is 4.79. The van der Waals surface area contributed by atoms with Crippen molar-refractivity contribution in [1.82, 2.24) is 25.3 Å². The molecule has 154 valence electrons. The first-order chi connectivity index (χ1) is 14.6. The fourth-order valence-electron chi connectivity index (χ4n) is 3.98. The summed E-state index contributed by atoms with van der Waals surface area (Å²) in [7, 11) is 1.95. The standard InChI is InChI=1S/C21H21N5O2S2/c1-12-24-25-21(30-12)29-11-15-13-6-3-4-9-18(13)28-19(15)20(27)23-16-7-5-8-17-14(16)10-22-26(17)2/h3-4,6,9-10,16H,5,7-8,11H2,1-2H3,(H,23,27). The van der Waals surface area contributed by atoms with Crippen molar-refractivity contribution >= 4 is 40.0 Å². The van der Waals surface area contributed by atoms with Crippen LogP contribution < -0.4 is 5.32 Å². The van der Waals surface area contributed by atoms with Crippen LogP contribution in [0.4, 0.5) is 0 Å². The summed E-state index contributed by atoms with van der Waals surface area (Å²) in [6, 6.07) is 7.73. The lowest BCUT2D eigenvalue weighted by atomic mass is 9.93. The molecule has 0 saturated carbocycles. The molecular formula is C21H21N5O2S2. The van der Waals surface area contributed by atoms with E-state index in [1.165, 1.54) is 5.69 Å². The van der Waals surface area contributed by atoms with Gasteiger partial charge < -0.3 is 9.73 Å². The normalized spacial score (nSPS) is 16.0. The van der Waals surface area contributed by atoms with E-state index in [0.29, 0.717) is 11.5 Å². The van der Waals surface area contributed by atoms with Gasteiger partial charge in [-0.15, -0.1) is 10.2 Å². The fraction of sp³-hybridized carbons (Fsp3) is 0.333. The number of fused-ring (bicyclic) bond motifs is 2. The average molecular weight is 440 g/mol. The zero-order valence-corrected chi connectivity index (χ0v) is 18.3. The van der Waals surface area contributed by atoms with E-state index < -0.39 is 0 Å². The van der Waals surface area contributed by atoms with Gasteiger partial charge in [0.15, 0.2) is 10.1 Å². The third-order valence-corrected chi connectivity index (χ3v) is 7.43. The molecule has 1 atom stereocenters. The monoisotopic (exact) mass is 439 g/mol. The number of nitrogens with zero attached hydrogens (tertiary/aromatic N) is 4. The number of furan rings is 1. The van der Waals surface area contributed by atoms with Gasteiger partial charge in [0.05, 0.1) is 12.2 Å². The van der Waals surface area contributed by atoms with E-state index >= 15 is 0 Å². The highest BCUT2D eigenvalue weighted by molar-refractivity contribution is 8.00. The van der Waals surface area contributed by atoms with Crippen LogP contribution in [0.25, 0.3) is 11.0 Å². The number of aryl methyl sites for hydroxylation is 2. The molecule has 1 aliphatic carbocycles. The summed E-state index contributed by atoms with van der Waals surface area (Å²) in [5, 5.41) is 17.7. The molecule has 0 saturated heterocycles. The van der Waals surface area contributed by atoms with Crippen molar-refractivity contribution in [3.63, 3.8) is 0 Å². The smallest absolute Gasteiger partial charge is 0.287 e. The average Bonchev–Trinajstić information content (AvgIpc) is 3.44. The number of nitrogens with one attached hydrogen (secondary N) is 1. The summed E-state index contributed by atoms with van der Waals surface area (Å²) in [5.74, 6) is 0.787. The minimum Gasteiger partial charge on any atom is -0.451 e. The minimum atomic E-state index is -0.183. The van der Waals surface area contributed by atoms with Crippen LogP contribution in [0.2, 0.25) is 0 Å². The van der Waals surface area contributed by atoms with Gasteiger partial charge in [-0.2, -0.15) is 5.10 Å². The van der Waals surface area contributed by atoms with Crippen LogP contribution in [0.15, 0.2) is 39.2 Å². The van der Waals surface area contributed by atoms with Crippen LogP contribution in [0.5, 0.6) is 0 Å². The molecule has 1 aliphatic rings. The van der Waals surface area contributed by atoms with Crippen molar-refractivity contribution in [2.75, 3.05) is 0 Å². The Balaban J connectivity index is 1.44. The number of carbonyl (C=O) groups excluding carboxylic acids is 1. The van der Waals surface area contributed by atoms with Gasteiger partial charge >= 0.3 is 0 Å². The van der Waals surface area contributed by atoms with Gasteiger partial charge in [0.25, 0.3) is 5.91 Å². The third-order valence-electron chi connectivity index (χ3n) is 5.43. The number of aromatic nitrogens is 4. The number of hydrogen-bond donors (Lipinski definition) is 1. The van der Waals surface area contributed by atoms with Crippen LogP contribution in [-0.4, -0.2) is 25.9 Å². The molecule has 3 aromatic heterocycles. The molecule has 0 bridgehead atoms. The van der Waals surface area contributed by atoms with Crippen LogP contribution in [0.1, 0.15) is 51.3 Å². The lowest BCUT2D eigenvalue weighted by molar-refractivity contribution is 0.0905. The SMILES string of the molecule is Cc1nnc(SCc2c(C(=O)NC3CCCc4c3cnn4C)oc3ccccc23)s1. The summed E-state index contributed by atoms with van der Waals surface area (Å²) in [4.78, 5) is 13.3. The molecule has 1 N–H and O–H groups in total. The van der Waals surface area contributed by atoms with E-state index in [-0.39, 0.29) is 11.9 Å². The molecule has 5 rings (SSSR count). The molecule has 1 unspecified atom stereocenters. The van der Waals surface area contributed by atoms with Crippen molar-refractivity contribution in [1.29, 1.82) is 0 Å². The molecule has 4 aromatic rings. The van der Waals surface area contributed by atoms with Crippen molar-refractivity contribution in [3.8, 4) is 0 Å². The third kappa shape index (κ3) is 3.52. The first-order valence-electron chi connectivity index (χ1n) is 9.85. The second-order valence-corrected chi connectivity index (χ2v) is 9.77. The van der Waals surface area contributed by atoms with Gasteiger partial charge in [0.2, 0.25) is 0 Å². The number of para-hydroxylation sites is 1. The molecule has 7 nitrogen and oxygen atoms in total. The largest absolute Gasteiger partial charge is 0.451 e. The highest BCUT2D eigenvalue weighted by Gasteiger charge is 2.28. The maximum Gasteiger partial charge on any atom is 0.287 e. The van der Waals surface area contributed by atoms with Gasteiger partial charge in [0, 0.05) is 35.0 Å². The minimum absolute atomic E-state index is 0.0468. The molecular weight excluding hydrogens is 418 g/mol. The highest BCUT2D eigenvalue weighted by Crippen LogP contribution is 2.34. The number of thioether (sulfide) groups is 1. The number of carbonyl (C=O) groups is 1. The topological polar surface area (TPSA) is 85.8 Å². The zero-order chi connectivity index (χ0) is 20.7. The molecule has 1 amide bonds. The van der Waals surface area contributed by atoms with Crippen molar-refractivity contribution in [2.45, 2.75) is 42.3 Å². The van der Waals surface area contributed by atoms with Crippen molar-refractivity contribution in [2.24, 2.45) is 7.05 Å². The molecule has 9 heteroatoms. The van der Waals surface area contributed by atoms with Crippen LogP contribution in [-0.2, 0) is 19.2 Å². The predicted octanol–water partition coefficient (Wildman–Crippen LogP) is 4.43. The molecule has 0 spiro atoms. The maximum atomic E-state index is 13.3. The first kappa shape index (κ1) is 19.3. The molecule has 0 aliphatic heterocycles. The lowest BCUT2D eigenvalue weighted by Crippen LogP contribution is -2.31. The van der Waals surface area contributed by atoms with Gasteiger partial charge in [-0.25, -0.2) is 0 Å². The molecule has 0 radical (unpaired) electrons. The first-order valence-corrected chi connectivity index (χ1v) is 11.7. The highest BCUT2D eigenvalue weighted by atomic mass is 32.2. The summed E-state index contributed by atoms with van der Waals surface area (Å²) in [6.45, 7) is 1.94. The summed E-state index contributed by atoms with van der Waals surface area (Å²) >= 11 is 3.13. The molecule has 0 fully saturated rings. The lowest BCUT2D eigenvalue weighted by Gasteiger charge is -2.23. The molecule has 30 heavy (non-hydrogen) atoms. The van der Waals surface area contributed by atoms with Crippen molar-refractivity contribution in [3.05, 3.63) is 58.1 Å². The van der Waals surface area contributed by atoms with Gasteiger partial charge in [-0.1, -0.05) is 41.3 Å². The van der Waals surface area contributed by atoms with Crippen LogP contribution in [0.3, 0.4) is 0 Å². The second-order valence-electron chi connectivity index (χ2n) is 7.37. The Kier molecular flexibility index (Phi) is 5.08. The Bertz CT molecular complexity index is 1230. The Labute approximate surface area is 181 Å². The summed E-state index contributed by atoms with van der Waals surface area (Å²) < 4.78 is 8.80. The van der Waals surface area contributed by atoms with Crippen LogP contribution >= 0.6 is 23.1 Å². The van der Waals surface area contributed by atoms with E-state index in [0.717, 1.165) is 50.7 Å². The van der Waals surface area contributed by atoms with Gasteiger partial charge in [-0.05, 0) is 32.3 Å². The number of hydrogen-bond acceptors (Lipinski definition) is 7. The Morgan fingerprint density at radius 2 is 2.23 bits per heavy atom. The molecule has 3 heterocycles. The second kappa shape index (κ2) is 7.88. The van der Waals surface area contributed by atoms with E-state index in [1.807, 2.05) is 49.1 Å². The number of benzene rings is 1. The van der Waals surface area contributed by atoms with Gasteiger partial charge in [0.1, 0.15) is 10.6 Å². The Morgan fingerprint density at radius 1 is 1.37 bits per heavy atom. The quantitative estimate of drug-likeness (QED) is 0.463. The maximum absolute atomic E-state index is 13.3. The van der Waals surface area contributed by atoms with Crippen molar-refractivity contribution < 1.29 is 9.21 Å². The van der Waals surface area contributed by atoms with E-state index in [4.69, 9.17) is 4.42 Å². The Morgan fingerprint density at radius 3 is 3.07 bits per heavy atom. The molecule has 1 aromatic carbocycles.